The second kappa shape index (κ2) is 8.17. The van der Waals surface area contributed by atoms with E-state index in [4.69, 9.17) is 21.4 Å². The van der Waals surface area contributed by atoms with Gasteiger partial charge < -0.3 is 15.2 Å². The second-order valence-electron chi connectivity index (χ2n) is 4.98. The highest BCUT2D eigenvalue weighted by atomic mass is 35.5. The van der Waals surface area contributed by atoms with Crippen LogP contribution >= 0.6 is 11.6 Å². The maximum atomic E-state index is 8.87. The fourth-order valence-electron chi connectivity index (χ4n) is 2.33. The van der Waals surface area contributed by atoms with Crippen molar-refractivity contribution in [2.45, 2.75) is 26.4 Å². The van der Waals surface area contributed by atoms with Gasteiger partial charge in [0.1, 0.15) is 17.5 Å². The van der Waals surface area contributed by atoms with Crippen molar-refractivity contribution in [1.29, 1.82) is 0 Å². The number of ether oxygens (including phenoxy) is 1. The standard InChI is InChI=1S/C16H22ClN3O2/c1-3-14-13(16(17)20(2)19-14)11-18-10-12-6-4-5-7-15(12)22-9-8-21/h4-7,18,21H,3,8-11H2,1-2H3. The molecule has 0 fully saturated rings. The summed E-state index contributed by atoms with van der Waals surface area (Å²) in [7, 11) is 1.85. The van der Waals surface area contributed by atoms with Gasteiger partial charge in [0.15, 0.2) is 0 Å². The summed E-state index contributed by atoms with van der Waals surface area (Å²) in [4.78, 5) is 0. The molecule has 1 aromatic heterocycles. The van der Waals surface area contributed by atoms with Crippen LogP contribution in [0.2, 0.25) is 5.15 Å². The Bertz CT molecular complexity index is 613. The summed E-state index contributed by atoms with van der Waals surface area (Å²) >= 11 is 6.28. The third-order valence-electron chi connectivity index (χ3n) is 3.43. The Labute approximate surface area is 135 Å². The number of aromatic nitrogens is 2. The number of rotatable bonds is 8. The Balaban J connectivity index is 2.00. The van der Waals surface area contributed by atoms with E-state index < -0.39 is 0 Å². The number of halogens is 1. The molecule has 6 heteroatoms. The van der Waals surface area contributed by atoms with Crippen molar-refractivity contribution in [2.75, 3.05) is 13.2 Å². The van der Waals surface area contributed by atoms with Crippen molar-refractivity contribution in [3.8, 4) is 5.75 Å². The molecule has 0 bridgehead atoms. The van der Waals surface area contributed by atoms with Gasteiger partial charge in [0.2, 0.25) is 0 Å². The molecule has 120 valence electrons. The Kier molecular flexibility index (Phi) is 6.24. The molecule has 1 aromatic carbocycles. The number of nitrogens with zero attached hydrogens (tertiary/aromatic N) is 2. The first-order chi connectivity index (χ1) is 10.7. The van der Waals surface area contributed by atoms with Crippen molar-refractivity contribution in [1.82, 2.24) is 15.1 Å². The van der Waals surface area contributed by atoms with Crippen molar-refractivity contribution >= 4 is 11.6 Å². The number of aryl methyl sites for hydroxylation is 2. The van der Waals surface area contributed by atoms with Gasteiger partial charge in [-0.2, -0.15) is 5.10 Å². The molecule has 0 atom stereocenters. The van der Waals surface area contributed by atoms with Gasteiger partial charge in [0.05, 0.1) is 12.3 Å². The molecule has 0 saturated heterocycles. The highest BCUT2D eigenvalue weighted by Gasteiger charge is 2.12. The topological polar surface area (TPSA) is 59.3 Å². The molecule has 2 N–H and O–H groups in total. The molecule has 0 amide bonds. The Hall–Kier alpha value is -1.56. The van der Waals surface area contributed by atoms with Crippen LogP contribution in [0.3, 0.4) is 0 Å². The zero-order chi connectivity index (χ0) is 15.9. The first-order valence-electron chi connectivity index (χ1n) is 7.39. The molecule has 0 aliphatic heterocycles. The predicted octanol–water partition coefficient (Wildman–Crippen LogP) is 2.30. The fourth-order valence-corrected chi connectivity index (χ4v) is 2.54. The summed E-state index contributed by atoms with van der Waals surface area (Å²) in [5, 5.41) is 17.3. The van der Waals surface area contributed by atoms with Crippen molar-refractivity contribution < 1.29 is 9.84 Å². The van der Waals surface area contributed by atoms with Crippen molar-refractivity contribution in [3.63, 3.8) is 0 Å². The first-order valence-corrected chi connectivity index (χ1v) is 7.77. The average Bonchev–Trinajstić information content (AvgIpc) is 2.81. The summed E-state index contributed by atoms with van der Waals surface area (Å²) in [6.07, 6.45) is 0.855. The minimum absolute atomic E-state index is 0.00686. The lowest BCUT2D eigenvalue weighted by atomic mass is 10.2. The Morgan fingerprint density at radius 3 is 2.82 bits per heavy atom. The molecule has 5 nitrogen and oxygen atoms in total. The van der Waals surface area contributed by atoms with E-state index in [9.17, 15) is 0 Å². The molecule has 0 unspecified atom stereocenters. The number of aliphatic hydroxyl groups is 1. The van der Waals surface area contributed by atoms with E-state index in [0.29, 0.717) is 24.8 Å². The van der Waals surface area contributed by atoms with Gasteiger partial charge in [-0.3, -0.25) is 4.68 Å². The van der Waals surface area contributed by atoms with Gasteiger partial charge in [-0.25, -0.2) is 0 Å². The van der Waals surface area contributed by atoms with Gasteiger partial charge in [-0.15, -0.1) is 0 Å². The summed E-state index contributed by atoms with van der Waals surface area (Å²) in [6, 6.07) is 7.80. The van der Waals surface area contributed by atoms with E-state index in [1.54, 1.807) is 4.68 Å². The fraction of sp³-hybridized carbons (Fsp3) is 0.438. The highest BCUT2D eigenvalue weighted by molar-refractivity contribution is 6.30. The highest BCUT2D eigenvalue weighted by Crippen LogP contribution is 2.21. The Morgan fingerprint density at radius 2 is 2.09 bits per heavy atom. The van der Waals surface area contributed by atoms with Gasteiger partial charge in [0, 0.05) is 31.3 Å². The summed E-state index contributed by atoms with van der Waals surface area (Å²) in [5.74, 6) is 0.789. The van der Waals surface area contributed by atoms with Crippen molar-refractivity contribution in [2.24, 2.45) is 7.05 Å². The van der Waals surface area contributed by atoms with Crippen LogP contribution in [0.5, 0.6) is 5.75 Å². The quantitative estimate of drug-likeness (QED) is 0.782. The summed E-state index contributed by atoms with van der Waals surface area (Å²) in [5.41, 5.74) is 3.11. The molecule has 2 aromatic rings. The van der Waals surface area contributed by atoms with E-state index in [1.165, 1.54) is 0 Å². The van der Waals surface area contributed by atoms with Crippen LogP contribution < -0.4 is 10.1 Å². The van der Waals surface area contributed by atoms with Crippen LogP contribution in [0.1, 0.15) is 23.7 Å². The van der Waals surface area contributed by atoms with Crippen LogP contribution in [0.25, 0.3) is 0 Å². The predicted molar refractivity (Wildman–Crippen MR) is 87.2 cm³/mol. The van der Waals surface area contributed by atoms with Gasteiger partial charge in [-0.05, 0) is 12.5 Å². The largest absolute Gasteiger partial charge is 0.491 e. The molecule has 2 rings (SSSR count). The number of aliphatic hydroxyl groups excluding tert-OH is 1. The minimum Gasteiger partial charge on any atom is -0.491 e. The van der Waals surface area contributed by atoms with Crippen LogP contribution in [-0.4, -0.2) is 28.1 Å². The van der Waals surface area contributed by atoms with Gasteiger partial charge in [0.25, 0.3) is 0 Å². The molecular formula is C16H22ClN3O2. The molecule has 1 heterocycles. The third kappa shape index (κ3) is 4.00. The zero-order valence-corrected chi connectivity index (χ0v) is 13.7. The molecule has 22 heavy (non-hydrogen) atoms. The van der Waals surface area contributed by atoms with Crippen LogP contribution in [0.15, 0.2) is 24.3 Å². The molecule has 0 radical (unpaired) electrons. The number of hydrogen-bond acceptors (Lipinski definition) is 4. The lowest BCUT2D eigenvalue weighted by Crippen LogP contribution is -2.15. The van der Waals surface area contributed by atoms with E-state index in [0.717, 1.165) is 29.0 Å². The lowest BCUT2D eigenvalue weighted by molar-refractivity contribution is 0.200. The average molecular weight is 324 g/mol. The van der Waals surface area contributed by atoms with E-state index >= 15 is 0 Å². The first kappa shape index (κ1) is 16.8. The van der Waals surface area contributed by atoms with Crippen LogP contribution in [0.4, 0.5) is 0 Å². The Morgan fingerprint density at radius 1 is 1.32 bits per heavy atom. The molecular weight excluding hydrogens is 302 g/mol. The monoisotopic (exact) mass is 323 g/mol. The number of para-hydroxylation sites is 1. The van der Waals surface area contributed by atoms with Crippen molar-refractivity contribution in [3.05, 3.63) is 46.2 Å². The zero-order valence-electron chi connectivity index (χ0n) is 13.0. The normalized spacial score (nSPS) is 10.9. The van der Waals surface area contributed by atoms with E-state index in [1.807, 2.05) is 31.3 Å². The van der Waals surface area contributed by atoms with Crippen LogP contribution in [0, 0.1) is 0 Å². The van der Waals surface area contributed by atoms with Crippen LogP contribution in [-0.2, 0) is 26.6 Å². The van der Waals surface area contributed by atoms with Gasteiger partial charge >= 0.3 is 0 Å². The van der Waals surface area contributed by atoms with E-state index in [-0.39, 0.29) is 6.61 Å². The maximum absolute atomic E-state index is 8.87. The molecule has 0 aliphatic carbocycles. The maximum Gasteiger partial charge on any atom is 0.131 e. The van der Waals surface area contributed by atoms with Gasteiger partial charge in [-0.1, -0.05) is 36.7 Å². The molecule has 0 spiro atoms. The molecule has 0 saturated carbocycles. The smallest absolute Gasteiger partial charge is 0.131 e. The van der Waals surface area contributed by atoms with E-state index in [2.05, 4.69) is 17.3 Å². The number of hydrogen-bond donors (Lipinski definition) is 2. The SMILES string of the molecule is CCc1nn(C)c(Cl)c1CNCc1ccccc1OCCO. The number of nitrogens with one attached hydrogen (secondary N) is 1. The summed E-state index contributed by atoms with van der Waals surface area (Å²) < 4.78 is 7.23. The minimum atomic E-state index is 0.00686. The lowest BCUT2D eigenvalue weighted by Gasteiger charge is -2.11. The molecule has 0 aliphatic rings. The second-order valence-corrected chi connectivity index (χ2v) is 5.33. The third-order valence-corrected chi connectivity index (χ3v) is 3.90. The number of benzene rings is 1. The summed E-state index contributed by atoms with van der Waals surface area (Å²) in [6.45, 7) is 3.69.